The Balaban J connectivity index is 1.90. The molecule has 0 atom stereocenters. The first-order valence-electron chi connectivity index (χ1n) is 6.46. The van der Waals surface area contributed by atoms with Gasteiger partial charge in [-0.05, 0) is 19.3 Å². The lowest BCUT2D eigenvalue weighted by Crippen LogP contribution is -2.49. The number of rotatable bonds is 2. The molecule has 1 saturated carbocycles. The Morgan fingerprint density at radius 2 is 1.60 bits per heavy atom. The maximum atomic E-state index is 6.05. The molecule has 1 heterocycles. The van der Waals surface area contributed by atoms with Gasteiger partial charge in [0.25, 0.3) is 0 Å². The van der Waals surface area contributed by atoms with Crippen LogP contribution in [0.4, 0.5) is 0 Å². The van der Waals surface area contributed by atoms with Crippen molar-refractivity contribution in [3.63, 3.8) is 0 Å². The summed E-state index contributed by atoms with van der Waals surface area (Å²) in [7, 11) is 0. The van der Waals surface area contributed by atoms with Crippen LogP contribution in [0.15, 0.2) is 0 Å². The van der Waals surface area contributed by atoms with Crippen LogP contribution in [0, 0.1) is 5.41 Å². The van der Waals surface area contributed by atoms with E-state index in [1.807, 2.05) is 0 Å². The summed E-state index contributed by atoms with van der Waals surface area (Å²) in [6, 6.07) is 0. The van der Waals surface area contributed by atoms with Crippen molar-refractivity contribution in [1.29, 1.82) is 0 Å². The minimum Gasteiger partial charge on any atom is -0.349 e. The van der Waals surface area contributed by atoms with Gasteiger partial charge in [-0.15, -0.1) is 0 Å². The molecule has 0 aromatic rings. The molecule has 2 nitrogen and oxygen atoms in total. The molecule has 0 aromatic heterocycles. The molecular weight excluding hydrogens is 188 g/mol. The predicted molar refractivity (Wildman–Crippen MR) is 60.7 cm³/mol. The number of hydrogen-bond donors (Lipinski definition) is 0. The second kappa shape index (κ2) is 4.42. The summed E-state index contributed by atoms with van der Waals surface area (Å²) in [5.41, 5.74) is 0.261. The summed E-state index contributed by atoms with van der Waals surface area (Å²) in [5.74, 6) is -0.189. The largest absolute Gasteiger partial charge is 0.349 e. The van der Waals surface area contributed by atoms with Crippen LogP contribution in [-0.4, -0.2) is 19.0 Å². The summed E-state index contributed by atoms with van der Waals surface area (Å²) in [6.07, 6.45) is 8.53. The maximum Gasteiger partial charge on any atom is 0.168 e. The van der Waals surface area contributed by atoms with Gasteiger partial charge in [-0.1, -0.05) is 26.7 Å². The molecule has 0 aromatic carbocycles. The molecule has 2 aliphatic rings. The lowest BCUT2D eigenvalue weighted by molar-refractivity contribution is -0.313. The molecule has 1 aliphatic carbocycles. The Hall–Kier alpha value is -0.0800. The van der Waals surface area contributed by atoms with E-state index in [0.717, 1.165) is 26.1 Å². The van der Waals surface area contributed by atoms with Crippen LogP contribution in [0.25, 0.3) is 0 Å². The average Bonchev–Trinajstić information content (AvgIpc) is 2.25. The standard InChI is InChI=1S/C13H24O2/c1-3-7-12(2)10-14-13(15-11-12)8-5-4-6-9-13/h3-11H2,1-2H3. The molecule has 1 saturated heterocycles. The molecule has 15 heavy (non-hydrogen) atoms. The van der Waals surface area contributed by atoms with Crippen LogP contribution in [0.5, 0.6) is 0 Å². The number of hydrogen-bond acceptors (Lipinski definition) is 2. The van der Waals surface area contributed by atoms with E-state index in [0.29, 0.717) is 0 Å². The summed E-state index contributed by atoms with van der Waals surface area (Å²) in [5, 5.41) is 0. The van der Waals surface area contributed by atoms with Crippen LogP contribution in [-0.2, 0) is 9.47 Å². The van der Waals surface area contributed by atoms with E-state index in [9.17, 15) is 0 Å². The zero-order valence-electron chi connectivity index (χ0n) is 10.2. The van der Waals surface area contributed by atoms with Crippen molar-refractivity contribution in [3.8, 4) is 0 Å². The molecule has 2 fully saturated rings. The highest BCUT2D eigenvalue weighted by molar-refractivity contribution is 4.84. The molecular formula is C13H24O2. The summed E-state index contributed by atoms with van der Waals surface area (Å²) < 4.78 is 12.1. The van der Waals surface area contributed by atoms with Crippen molar-refractivity contribution in [2.45, 2.75) is 64.6 Å². The monoisotopic (exact) mass is 212 g/mol. The molecule has 0 N–H and O–H groups in total. The fourth-order valence-corrected chi connectivity index (χ4v) is 2.82. The van der Waals surface area contributed by atoms with E-state index in [4.69, 9.17) is 9.47 Å². The quantitative estimate of drug-likeness (QED) is 0.697. The van der Waals surface area contributed by atoms with Gasteiger partial charge in [-0.3, -0.25) is 0 Å². The molecule has 1 spiro atoms. The Morgan fingerprint density at radius 1 is 1.00 bits per heavy atom. The van der Waals surface area contributed by atoms with E-state index in [1.54, 1.807) is 0 Å². The fraction of sp³-hybridized carbons (Fsp3) is 1.00. The first-order chi connectivity index (χ1) is 7.18. The van der Waals surface area contributed by atoms with Crippen LogP contribution in [0.2, 0.25) is 0 Å². The topological polar surface area (TPSA) is 18.5 Å². The Bertz CT molecular complexity index is 197. The lowest BCUT2D eigenvalue weighted by Gasteiger charge is -2.46. The highest BCUT2D eigenvalue weighted by Gasteiger charge is 2.42. The second-order valence-corrected chi connectivity index (χ2v) is 5.61. The van der Waals surface area contributed by atoms with Gasteiger partial charge < -0.3 is 9.47 Å². The van der Waals surface area contributed by atoms with Crippen molar-refractivity contribution in [3.05, 3.63) is 0 Å². The molecule has 2 heteroatoms. The smallest absolute Gasteiger partial charge is 0.168 e. The average molecular weight is 212 g/mol. The van der Waals surface area contributed by atoms with E-state index in [-0.39, 0.29) is 11.2 Å². The van der Waals surface area contributed by atoms with Crippen LogP contribution >= 0.6 is 0 Å². The third-order valence-corrected chi connectivity index (χ3v) is 3.84. The molecule has 1 aliphatic heterocycles. The van der Waals surface area contributed by atoms with Gasteiger partial charge in [0, 0.05) is 18.3 Å². The van der Waals surface area contributed by atoms with E-state index >= 15 is 0 Å². The van der Waals surface area contributed by atoms with Gasteiger partial charge >= 0.3 is 0 Å². The third kappa shape index (κ3) is 2.54. The second-order valence-electron chi connectivity index (χ2n) is 5.61. The number of ether oxygens (including phenoxy) is 2. The minimum absolute atomic E-state index is 0.189. The first-order valence-corrected chi connectivity index (χ1v) is 6.46. The van der Waals surface area contributed by atoms with Crippen molar-refractivity contribution in [2.75, 3.05) is 13.2 Å². The van der Waals surface area contributed by atoms with Crippen molar-refractivity contribution in [2.24, 2.45) is 5.41 Å². The van der Waals surface area contributed by atoms with E-state index in [1.165, 1.54) is 32.1 Å². The van der Waals surface area contributed by atoms with Gasteiger partial charge in [0.15, 0.2) is 5.79 Å². The Morgan fingerprint density at radius 3 is 2.13 bits per heavy atom. The minimum atomic E-state index is -0.189. The van der Waals surface area contributed by atoms with Crippen molar-refractivity contribution in [1.82, 2.24) is 0 Å². The van der Waals surface area contributed by atoms with Gasteiger partial charge in [0.1, 0.15) is 0 Å². The zero-order valence-corrected chi connectivity index (χ0v) is 10.2. The summed E-state index contributed by atoms with van der Waals surface area (Å²) >= 11 is 0. The zero-order chi connectivity index (χ0) is 10.8. The highest BCUT2D eigenvalue weighted by atomic mass is 16.7. The van der Waals surface area contributed by atoms with Crippen LogP contribution < -0.4 is 0 Å². The molecule has 88 valence electrons. The summed E-state index contributed by atoms with van der Waals surface area (Å²) in [4.78, 5) is 0. The normalized spacial score (nSPS) is 29.2. The van der Waals surface area contributed by atoms with E-state index in [2.05, 4.69) is 13.8 Å². The predicted octanol–water partition coefficient (Wildman–Crippen LogP) is 3.50. The highest BCUT2D eigenvalue weighted by Crippen LogP contribution is 2.40. The molecule has 0 amide bonds. The molecule has 0 bridgehead atoms. The van der Waals surface area contributed by atoms with Crippen molar-refractivity contribution < 1.29 is 9.47 Å². The van der Waals surface area contributed by atoms with Crippen molar-refractivity contribution >= 4 is 0 Å². The van der Waals surface area contributed by atoms with Gasteiger partial charge in [-0.25, -0.2) is 0 Å². The molecule has 0 radical (unpaired) electrons. The van der Waals surface area contributed by atoms with Gasteiger partial charge in [0.05, 0.1) is 13.2 Å². The maximum absolute atomic E-state index is 6.05. The first kappa shape index (κ1) is 11.4. The Kier molecular flexibility index (Phi) is 3.36. The summed E-state index contributed by atoms with van der Waals surface area (Å²) in [6.45, 7) is 6.30. The van der Waals surface area contributed by atoms with Crippen LogP contribution in [0.1, 0.15) is 58.8 Å². The van der Waals surface area contributed by atoms with Crippen LogP contribution in [0.3, 0.4) is 0 Å². The molecule has 2 rings (SSSR count). The fourth-order valence-electron chi connectivity index (χ4n) is 2.82. The van der Waals surface area contributed by atoms with Gasteiger partial charge in [-0.2, -0.15) is 0 Å². The molecule has 0 unspecified atom stereocenters. The third-order valence-electron chi connectivity index (χ3n) is 3.84. The van der Waals surface area contributed by atoms with Gasteiger partial charge in [0.2, 0.25) is 0 Å². The lowest BCUT2D eigenvalue weighted by atomic mass is 9.85. The SMILES string of the molecule is CCCC1(C)COC2(CCCCC2)OC1. The van der Waals surface area contributed by atoms with E-state index < -0.39 is 0 Å². The Labute approximate surface area is 93.3 Å².